The molecule has 3 N–H and O–H groups in total. The second kappa shape index (κ2) is 5.63. The number of likely N-dealkylation sites (N-methyl/N-ethyl adjacent to an activating group) is 1. The number of carbonyl (C=O) groups excluding carboxylic acids is 1. The topological polar surface area (TPSA) is 58.4 Å². The van der Waals surface area contributed by atoms with Crippen LogP contribution in [0.25, 0.3) is 0 Å². The van der Waals surface area contributed by atoms with Gasteiger partial charge >= 0.3 is 0 Å². The van der Waals surface area contributed by atoms with Crippen molar-refractivity contribution in [1.82, 2.24) is 10.2 Å². The van der Waals surface area contributed by atoms with E-state index in [0.29, 0.717) is 12.5 Å². The van der Waals surface area contributed by atoms with Crippen LogP contribution in [0.3, 0.4) is 0 Å². The highest BCUT2D eigenvalue weighted by Crippen LogP contribution is 2.05. The van der Waals surface area contributed by atoms with Crippen molar-refractivity contribution in [3.05, 3.63) is 0 Å². The molecule has 0 bridgehead atoms. The van der Waals surface area contributed by atoms with E-state index in [2.05, 4.69) is 29.0 Å². The number of primary amides is 1. The van der Waals surface area contributed by atoms with Gasteiger partial charge in [0.15, 0.2) is 0 Å². The van der Waals surface area contributed by atoms with E-state index in [1.54, 1.807) is 0 Å². The smallest absolute Gasteiger partial charge is 0.293 e. The maximum atomic E-state index is 10.4. The van der Waals surface area contributed by atoms with Crippen molar-refractivity contribution in [2.45, 2.75) is 19.4 Å². The Balaban J connectivity index is 2.42. The summed E-state index contributed by atoms with van der Waals surface area (Å²) >= 11 is 0. The molecule has 78 valence electrons. The van der Waals surface area contributed by atoms with Gasteiger partial charge < -0.3 is 11.1 Å². The summed E-state index contributed by atoms with van der Waals surface area (Å²) in [6.07, 6.45) is 0.712. The molecular weight excluding hydrogens is 178 g/mol. The summed E-state index contributed by atoms with van der Waals surface area (Å²) in [6, 6.07) is 0.417. The minimum Gasteiger partial charge on any atom is -0.359 e. The summed E-state index contributed by atoms with van der Waals surface area (Å²) in [5, 5.41) is 3.31. The van der Waals surface area contributed by atoms with Gasteiger partial charge in [-0.1, -0.05) is 12.8 Å². The molecule has 0 aromatic rings. The van der Waals surface area contributed by atoms with Crippen LogP contribution in [0.4, 0.5) is 0 Å². The van der Waals surface area contributed by atoms with Crippen molar-refractivity contribution in [2.24, 2.45) is 5.73 Å². The van der Waals surface area contributed by atoms with Crippen molar-refractivity contribution in [1.29, 1.82) is 0 Å². The Morgan fingerprint density at radius 2 is 2.50 bits per heavy atom. The van der Waals surface area contributed by atoms with Crippen LogP contribution in [0.2, 0.25) is 0 Å². The second-order valence-corrected chi connectivity index (χ2v) is 3.36. The number of nitrogens with zero attached hydrogens (tertiary/aromatic N) is 1. The zero-order valence-electron chi connectivity index (χ0n) is 8.55. The minimum atomic E-state index is -0.545. The van der Waals surface area contributed by atoms with Gasteiger partial charge in [0.25, 0.3) is 5.91 Å². The molecule has 1 aliphatic heterocycles. The quantitative estimate of drug-likeness (QED) is 0.565. The number of piperazine rings is 1. The molecule has 1 heterocycles. The fourth-order valence-corrected chi connectivity index (χ4v) is 1.68. The molecule has 1 aliphatic rings. The van der Waals surface area contributed by atoms with Gasteiger partial charge in [0.05, 0.1) is 0 Å². The van der Waals surface area contributed by atoms with Crippen molar-refractivity contribution in [3.63, 3.8) is 0 Å². The molecule has 1 unspecified atom stereocenters. The lowest BCUT2D eigenvalue weighted by atomic mass is 10.1. The fourth-order valence-electron chi connectivity index (χ4n) is 1.68. The Kier molecular flexibility index (Phi) is 4.44. The zero-order valence-corrected chi connectivity index (χ0v) is 8.55. The highest BCUT2D eigenvalue weighted by molar-refractivity contribution is 5.91. The molecule has 1 rings (SSSR count). The van der Waals surface area contributed by atoms with Crippen molar-refractivity contribution in [2.75, 3.05) is 26.2 Å². The van der Waals surface area contributed by atoms with E-state index in [0.717, 1.165) is 26.2 Å². The van der Waals surface area contributed by atoms with E-state index in [9.17, 15) is 4.79 Å². The first-order valence-corrected chi connectivity index (χ1v) is 4.97. The van der Waals surface area contributed by atoms with Gasteiger partial charge in [-0.2, -0.15) is 0 Å². The van der Waals surface area contributed by atoms with E-state index in [1.165, 1.54) is 0 Å². The lowest BCUT2D eigenvalue weighted by molar-refractivity contribution is -0.112. The van der Waals surface area contributed by atoms with Gasteiger partial charge in [0, 0.05) is 32.1 Å². The van der Waals surface area contributed by atoms with E-state index in [4.69, 9.17) is 5.73 Å². The molecule has 1 saturated heterocycles. The van der Waals surface area contributed by atoms with E-state index >= 15 is 0 Å². The predicted octanol–water partition coefficient (Wildman–Crippen LogP) is -0.841. The molecule has 0 radical (unpaired) electrons. The molecule has 14 heavy (non-hydrogen) atoms. The molecule has 0 saturated carbocycles. The highest BCUT2D eigenvalue weighted by atomic mass is 16.1. The summed E-state index contributed by atoms with van der Waals surface area (Å²) in [6.45, 7) is 6.21. The van der Waals surface area contributed by atoms with E-state index in [1.807, 2.05) is 0 Å². The van der Waals surface area contributed by atoms with Crippen LogP contribution in [0.1, 0.15) is 13.3 Å². The molecule has 4 heteroatoms. The Labute approximate surface area is 84.8 Å². The Morgan fingerprint density at radius 1 is 1.71 bits per heavy atom. The Hall–Kier alpha value is -1.05. The van der Waals surface area contributed by atoms with Crippen molar-refractivity contribution < 1.29 is 4.79 Å². The zero-order chi connectivity index (χ0) is 10.4. The Morgan fingerprint density at radius 3 is 3.14 bits per heavy atom. The van der Waals surface area contributed by atoms with Crippen LogP contribution >= 0.6 is 0 Å². The summed E-state index contributed by atoms with van der Waals surface area (Å²) in [7, 11) is 0. The maximum Gasteiger partial charge on any atom is 0.293 e. The lowest BCUT2D eigenvalue weighted by Crippen LogP contribution is -2.50. The van der Waals surface area contributed by atoms with Crippen LogP contribution < -0.4 is 11.1 Å². The third kappa shape index (κ3) is 3.36. The van der Waals surface area contributed by atoms with Crippen molar-refractivity contribution in [3.8, 4) is 11.8 Å². The fraction of sp³-hybridized carbons (Fsp3) is 0.700. The number of rotatable bonds is 2. The van der Waals surface area contributed by atoms with E-state index in [-0.39, 0.29) is 0 Å². The summed E-state index contributed by atoms with van der Waals surface area (Å²) < 4.78 is 0. The lowest BCUT2D eigenvalue weighted by Gasteiger charge is -2.34. The number of nitrogens with one attached hydrogen (secondary N) is 1. The number of carbonyl (C=O) groups is 1. The van der Waals surface area contributed by atoms with Crippen LogP contribution in [-0.2, 0) is 4.79 Å². The van der Waals surface area contributed by atoms with Gasteiger partial charge in [-0.25, -0.2) is 0 Å². The molecule has 1 atom stereocenters. The summed E-state index contributed by atoms with van der Waals surface area (Å²) in [5.41, 5.74) is 4.93. The largest absolute Gasteiger partial charge is 0.359 e. The third-order valence-electron chi connectivity index (χ3n) is 2.43. The van der Waals surface area contributed by atoms with Crippen LogP contribution in [0.5, 0.6) is 0 Å². The molecule has 0 spiro atoms. The standard InChI is InChI=1S/C10H17N3O/c1-2-13-7-6-12-8-9(13)4-3-5-10(11)14/h9,12H,2,4,6-8H2,1H3,(H2,11,14). The summed E-state index contributed by atoms with van der Waals surface area (Å²) in [5.74, 6) is 4.64. The monoisotopic (exact) mass is 195 g/mol. The highest BCUT2D eigenvalue weighted by Gasteiger charge is 2.18. The average molecular weight is 195 g/mol. The first-order valence-electron chi connectivity index (χ1n) is 4.97. The summed E-state index contributed by atoms with van der Waals surface area (Å²) in [4.78, 5) is 12.8. The average Bonchev–Trinajstić information content (AvgIpc) is 2.18. The molecule has 0 aliphatic carbocycles. The second-order valence-electron chi connectivity index (χ2n) is 3.36. The van der Waals surface area contributed by atoms with Gasteiger partial charge in [0.1, 0.15) is 0 Å². The van der Waals surface area contributed by atoms with Gasteiger partial charge in [-0.05, 0) is 12.5 Å². The van der Waals surface area contributed by atoms with E-state index < -0.39 is 5.91 Å². The Bertz CT molecular complexity index is 254. The van der Waals surface area contributed by atoms with Gasteiger partial charge in [0.2, 0.25) is 0 Å². The maximum absolute atomic E-state index is 10.4. The molecule has 0 aromatic carbocycles. The molecular formula is C10H17N3O. The number of nitrogens with two attached hydrogens (primary N) is 1. The van der Waals surface area contributed by atoms with Crippen LogP contribution in [-0.4, -0.2) is 43.0 Å². The number of hydrogen-bond donors (Lipinski definition) is 2. The third-order valence-corrected chi connectivity index (χ3v) is 2.43. The molecule has 0 aromatic heterocycles. The SMILES string of the molecule is CCN1CCNCC1CC#CC(N)=O. The molecule has 1 amide bonds. The number of hydrogen-bond acceptors (Lipinski definition) is 3. The van der Waals surface area contributed by atoms with Crippen LogP contribution in [0, 0.1) is 11.8 Å². The number of amides is 1. The van der Waals surface area contributed by atoms with Crippen LogP contribution in [0.15, 0.2) is 0 Å². The normalized spacial score (nSPS) is 22.5. The first kappa shape index (κ1) is 11.0. The van der Waals surface area contributed by atoms with Crippen molar-refractivity contribution >= 4 is 5.91 Å². The molecule has 4 nitrogen and oxygen atoms in total. The first-order chi connectivity index (χ1) is 6.74. The predicted molar refractivity (Wildman–Crippen MR) is 55.5 cm³/mol. The van der Waals surface area contributed by atoms with Gasteiger partial charge in [-0.3, -0.25) is 9.69 Å². The molecule has 1 fully saturated rings. The minimum absolute atomic E-state index is 0.417. The van der Waals surface area contributed by atoms with Gasteiger partial charge in [-0.15, -0.1) is 0 Å².